The number of thioether (sulfide) groups is 1. The van der Waals surface area contributed by atoms with Crippen molar-refractivity contribution >= 4 is 32.3 Å². The van der Waals surface area contributed by atoms with Crippen LogP contribution in [0.25, 0.3) is 22.3 Å². The van der Waals surface area contributed by atoms with E-state index in [1.54, 1.807) is 48.2 Å². The van der Waals surface area contributed by atoms with Crippen LogP contribution in [-0.2, 0) is 36.3 Å². The van der Waals surface area contributed by atoms with Gasteiger partial charge in [-0.05, 0) is 54.1 Å². The van der Waals surface area contributed by atoms with Crippen LogP contribution in [0.4, 0.5) is 9.05 Å². The zero-order valence-electron chi connectivity index (χ0n) is 19.9. The third-order valence-electron chi connectivity index (χ3n) is 5.83. The molecule has 4 aromatic carbocycles. The summed E-state index contributed by atoms with van der Waals surface area (Å²) in [7, 11) is -8.91. The molecule has 11 heteroatoms. The molecule has 0 amide bonds. The van der Waals surface area contributed by atoms with Crippen molar-refractivity contribution in [3.63, 3.8) is 0 Å². The number of hydrogen-bond acceptors (Lipinski definition) is 5. The first kappa shape index (κ1) is 28.4. The second-order valence-electron chi connectivity index (χ2n) is 8.56. The van der Waals surface area contributed by atoms with Crippen molar-refractivity contribution < 1.29 is 37.4 Å². The van der Waals surface area contributed by atoms with Gasteiger partial charge >= 0.3 is 15.2 Å². The van der Waals surface area contributed by atoms with E-state index < -0.39 is 21.4 Å². The molecule has 0 bridgehead atoms. The number of hydrogen-bond donors (Lipinski definition) is 2. The third kappa shape index (κ3) is 7.28. The van der Waals surface area contributed by atoms with Crippen LogP contribution in [0.3, 0.4) is 0 Å². The molecule has 0 saturated carbocycles. The van der Waals surface area contributed by atoms with Gasteiger partial charge in [0.15, 0.2) is 0 Å². The number of benzene rings is 4. The third-order valence-corrected chi connectivity index (χ3v) is 9.08. The number of halogens is 2. The first-order valence-electron chi connectivity index (χ1n) is 11.4. The van der Waals surface area contributed by atoms with Crippen molar-refractivity contribution in [3.8, 4) is 22.3 Å². The van der Waals surface area contributed by atoms with Gasteiger partial charge in [0, 0.05) is 11.5 Å². The minimum atomic E-state index is -4.50. The lowest BCUT2D eigenvalue weighted by Gasteiger charge is -2.14. The molecule has 4 rings (SSSR count). The van der Waals surface area contributed by atoms with Crippen LogP contribution in [0.5, 0.6) is 0 Å². The quantitative estimate of drug-likeness (QED) is 0.176. The van der Waals surface area contributed by atoms with Crippen molar-refractivity contribution in [3.05, 3.63) is 114 Å². The van der Waals surface area contributed by atoms with Crippen molar-refractivity contribution in [2.24, 2.45) is 0 Å². The fourth-order valence-corrected chi connectivity index (χ4v) is 6.48. The molecule has 0 unspecified atom stereocenters. The Labute approximate surface area is 223 Å². The molecule has 4 aromatic rings. The fourth-order valence-electron chi connectivity index (χ4n) is 3.92. The highest BCUT2D eigenvalue weighted by atomic mass is 32.2. The molecule has 0 fully saturated rings. The molecule has 6 nitrogen and oxygen atoms in total. The molecule has 0 radical (unpaired) electrons. The average Bonchev–Trinajstić information content (AvgIpc) is 2.94. The Kier molecular flexibility index (Phi) is 9.34. The molecule has 0 aromatic heterocycles. The lowest BCUT2D eigenvalue weighted by molar-refractivity contribution is -0.0881. The van der Waals surface area contributed by atoms with Crippen LogP contribution in [0.1, 0.15) is 16.7 Å². The Balaban J connectivity index is 1.40. The molecule has 0 atom stereocenters. The maximum atomic E-state index is 12.2. The van der Waals surface area contributed by atoms with E-state index in [9.17, 15) is 28.0 Å². The lowest BCUT2D eigenvalue weighted by atomic mass is 9.99. The summed E-state index contributed by atoms with van der Waals surface area (Å²) < 4.78 is 54.5. The molecule has 0 spiro atoms. The summed E-state index contributed by atoms with van der Waals surface area (Å²) >= 11 is 1.67. The normalized spacial score (nSPS) is 12.0. The summed E-state index contributed by atoms with van der Waals surface area (Å²) in [6, 6.07) is 28.9. The predicted molar refractivity (Wildman–Crippen MR) is 146 cm³/mol. The summed E-state index contributed by atoms with van der Waals surface area (Å²) in [4.78, 5) is 20.0. The minimum Gasteiger partial charge on any atom is -0.321 e. The standard InChI is InChI=1S/C27H24F2O6P2S/c28-34-36(30,35-29)17-20-6-8-21(9-7-20)18-38-19-22-10-12-23(13-11-22)25-14-15-26(24-4-2-1-3-5-24)27(16-25)37(31,32)33/h1-16H,17-19H2,(H2,31,32,33). The average molecular weight is 576 g/mol. The van der Waals surface area contributed by atoms with Gasteiger partial charge in [0.05, 0.1) is 11.5 Å². The molecule has 0 saturated heterocycles. The topological polar surface area (TPSA) is 93.1 Å². The molecule has 0 heterocycles. The van der Waals surface area contributed by atoms with Gasteiger partial charge in [0.2, 0.25) is 0 Å². The van der Waals surface area contributed by atoms with E-state index in [-0.39, 0.29) is 5.30 Å². The van der Waals surface area contributed by atoms with Crippen LogP contribution in [0.15, 0.2) is 97.1 Å². The van der Waals surface area contributed by atoms with Gasteiger partial charge in [0.1, 0.15) is 0 Å². The molecule has 0 aliphatic heterocycles. The molecule has 198 valence electrons. The van der Waals surface area contributed by atoms with Crippen molar-refractivity contribution in [1.82, 2.24) is 0 Å². The van der Waals surface area contributed by atoms with Gasteiger partial charge in [0.25, 0.3) is 0 Å². The Morgan fingerprint density at radius 1 is 0.658 bits per heavy atom. The summed E-state index contributed by atoms with van der Waals surface area (Å²) in [5, 5.41) is -0.0101. The number of rotatable bonds is 11. The van der Waals surface area contributed by atoms with Crippen LogP contribution >= 0.6 is 27.0 Å². The summed E-state index contributed by atoms with van der Waals surface area (Å²) in [5.41, 5.74) is 5.28. The summed E-state index contributed by atoms with van der Waals surface area (Å²) in [6.07, 6.45) is -0.510. The molecule has 2 N–H and O–H groups in total. The van der Waals surface area contributed by atoms with Gasteiger partial charge in [-0.25, -0.2) is 0 Å². The van der Waals surface area contributed by atoms with Gasteiger partial charge in [-0.15, -0.1) is 9.46 Å². The maximum Gasteiger partial charge on any atom is 0.399 e. The van der Waals surface area contributed by atoms with Crippen LogP contribution in [-0.4, -0.2) is 9.79 Å². The van der Waals surface area contributed by atoms with E-state index in [2.05, 4.69) is 9.46 Å². The maximum absolute atomic E-state index is 12.2. The predicted octanol–water partition coefficient (Wildman–Crippen LogP) is 7.75. The second kappa shape index (κ2) is 12.5. The van der Waals surface area contributed by atoms with E-state index in [0.29, 0.717) is 22.4 Å². The summed E-state index contributed by atoms with van der Waals surface area (Å²) in [6.45, 7) is 0. The van der Waals surface area contributed by atoms with Crippen LogP contribution in [0.2, 0.25) is 0 Å². The van der Waals surface area contributed by atoms with E-state index >= 15 is 0 Å². The molecule has 0 aliphatic rings. The Bertz CT molecular complexity index is 1450. The zero-order valence-corrected chi connectivity index (χ0v) is 22.6. The second-order valence-corrected chi connectivity index (χ2v) is 12.9. The van der Waals surface area contributed by atoms with E-state index in [0.717, 1.165) is 28.0 Å². The van der Waals surface area contributed by atoms with Gasteiger partial charge in [-0.1, -0.05) is 91.0 Å². The highest BCUT2D eigenvalue weighted by Gasteiger charge is 2.28. The van der Waals surface area contributed by atoms with E-state index in [1.807, 2.05) is 60.7 Å². The lowest BCUT2D eigenvalue weighted by Crippen LogP contribution is -2.08. The Hall–Kier alpha value is -2.61. The van der Waals surface area contributed by atoms with Gasteiger partial charge in [-0.3, -0.25) is 9.13 Å². The molecule has 0 aliphatic carbocycles. The fraction of sp³-hybridized carbons (Fsp3) is 0.111. The SMILES string of the molecule is O=P(Cc1ccc(CSCc2ccc(-c3ccc(-c4ccccc4)c(P(=O)(O)O)c3)cc2)cc1)(OF)OF. The van der Waals surface area contributed by atoms with Gasteiger partial charge in [-0.2, -0.15) is 11.8 Å². The largest absolute Gasteiger partial charge is 0.399 e. The minimum absolute atomic E-state index is 0.0101. The molecular formula is C27H24F2O6P2S. The van der Waals surface area contributed by atoms with E-state index in [1.165, 1.54) is 0 Å². The zero-order chi connectivity index (χ0) is 27.2. The summed E-state index contributed by atoms with van der Waals surface area (Å²) in [5.74, 6) is 1.41. The van der Waals surface area contributed by atoms with Gasteiger partial charge < -0.3 is 9.79 Å². The molecular weight excluding hydrogens is 552 g/mol. The van der Waals surface area contributed by atoms with Crippen LogP contribution in [0, 0.1) is 0 Å². The smallest absolute Gasteiger partial charge is 0.321 e. The first-order chi connectivity index (χ1) is 18.2. The monoisotopic (exact) mass is 576 g/mol. The van der Waals surface area contributed by atoms with Crippen molar-refractivity contribution in [2.45, 2.75) is 17.7 Å². The van der Waals surface area contributed by atoms with Crippen LogP contribution < -0.4 is 5.30 Å². The van der Waals surface area contributed by atoms with Crippen molar-refractivity contribution in [2.75, 3.05) is 0 Å². The highest BCUT2D eigenvalue weighted by molar-refractivity contribution is 7.97. The Morgan fingerprint density at radius 2 is 1.18 bits per heavy atom. The first-order valence-corrected chi connectivity index (χ1v) is 15.9. The Morgan fingerprint density at radius 3 is 1.74 bits per heavy atom. The molecule has 38 heavy (non-hydrogen) atoms. The highest BCUT2D eigenvalue weighted by Crippen LogP contribution is 2.52. The van der Waals surface area contributed by atoms with E-state index in [4.69, 9.17) is 0 Å². The van der Waals surface area contributed by atoms with Crippen molar-refractivity contribution in [1.29, 1.82) is 0 Å².